The van der Waals surface area contributed by atoms with Gasteiger partial charge < -0.3 is 15.7 Å². The van der Waals surface area contributed by atoms with Crippen molar-refractivity contribution in [2.45, 2.75) is 50.6 Å². The van der Waals surface area contributed by atoms with Gasteiger partial charge in [-0.2, -0.15) is 0 Å². The molecule has 0 aromatic heterocycles. The minimum absolute atomic E-state index is 0.00629. The highest BCUT2D eigenvalue weighted by atomic mass is 16.3. The molecule has 16 heavy (non-hydrogen) atoms. The standard InChI is InChI=1S/C12H22N2O2/c15-7-3-6-13-12(16)11-8-9-4-1-2-5-10(9)14-11/h9-11,14-15H,1-8H2,(H,13,16). The molecule has 3 unspecified atom stereocenters. The van der Waals surface area contributed by atoms with Crippen molar-refractivity contribution in [3.8, 4) is 0 Å². The first-order valence-corrected chi connectivity index (χ1v) is 6.46. The summed E-state index contributed by atoms with van der Waals surface area (Å²) in [7, 11) is 0. The van der Waals surface area contributed by atoms with Crippen LogP contribution in [0.15, 0.2) is 0 Å². The Morgan fingerprint density at radius 3 is 2.94 bits per heavy atom. The average molecular weight is 226 g/mol. The molecular formula is C12H22N2O2. The quantitative estimate of drug-likeness (QED) is 0.608. The lowest BCUT2D eigenvalue weighted by Gasteiger charge is -2.24. The van der Waals surface area contributed by atoms with Gasteiger partial charge in [-0.05, 0) is 31.6 Å². The Bertz CT molecular complexity index is 231. The molecule has 0 aromatic rings. The van der Waals surface area contributed by atoms with Crippen molar-refractivity contribution in [2.75, 3.05) is 13.2 Å². The van der Waals surface area contributed by atoms with Crippen LogP contribution >= 0.6 is 0 Å². The fourth-order valence-corrected chi connectivity index (χ4v) is 2.93. The second kappa shape index (κ2) is 5.64. The number of carbonyl (C=O) groups is 1. The molecule has 1 aliphatic heterocycles. The Morgan fingerprint density at radius 1 is 1.38 bits per heavy atom. The molecule has 1 saturated heterocycles. The molecule has 1 aliphatic carbocycles. The molecule has 1 amide bonds. The maximum atomic E-state index is 11.8. The average Bonchev–Trinajstić information content (AvgIpc) is 2.73. The molecule has 0 radical (unpaired) electrons. The molecule has 2 rings (SSSR count). The first-order valence-electron chi connectivity index (χ1n) is 6.46. The minimum Gasteiger partial charge on any atom is -0.396 e. The SMILES string of the molecule is O=C(NCCCO)C1CC2CCCCC2N1. The molecule has 3 N–H and O–H groups in total. The normalized spacial score (nSPS) is 33.4. The molecule has 92 valence electrons. The molecule has 3 atom stereocenters. The number of fused-ring (bicyclic) bond motifs is 1. The summed E-state index contributed by atoms with van der Waals surface area (Å²) in [6, 6.07) is 0.578. The van der Waals surface area contributed by atoms with E-state index in [9.17, 15) is 4.79 Å². The van der Waals surface area contributed by atoms with Crippen LogP contribution in [0.25, 0.3) is 0 Å². The van der Waals surface area contributed by atoms with Crippen molar-refractivity contribution < 1.29 is 9.90 Å². The number of aliphatic hydroxyl groups excluding tert-OH is 1. The van der Waals surface area contributed by atoms with Crippen LogP contribution in [0.5, 0.6) is 0 Å². The highest BCUT2D eigenvalue weighted by Gasteiger charge is 2.37. The van der Waals surface area contributed by atoms with E-state index in [0.717, 1.165) is 6.42 Å². The van der Waals surface area contributed by atoms with E-state index >= 15 is 0 Å². The summed E-state index contributed by atoms with van der Waals surface area (Å²) in [4.78, 5) is 11.8. The topological polar surface area (TPSA) is 61.4 Å². The molecular weight excluding hydrogens is 204 g/mol. The van der Waals surface area contributed by atoms with Crippen LogP contribution in [0.3, 0.4) is 0 Å². The largest absolute Gasteiger partial charge is 0.396 e. The van der Waals surface area contributed by atoms with Crippen LogP contribution in [0.2, 0.25) is 0 Å². The number of rotatable bonds is 4. The van der Waals surface area contributed by atoms with E-state index in [1.165, 1.54) is 25.7 Å². The fourth-order valence-electron chi connectivity index (χ4n) is 2.93. The summed E-state index contributed by atoms with van der Waals surface area (Å²) < 4.78 is 0. The number of hydrogen-bond donors (Lipinski definition) is 3. The first kappa shape index (κ1) is 11.9. The van der Waals surface area contributed by atoms with Crippen LogP contribution in [0, 0.1) is 5.92 Å². The van der Waals surface area contributed by atoms with Crippen molar-refractivity contribution in [1.82, 2.24) is 10.6 Å². The number of nitrogens with one attached hydrogen (secondary N) is 2. The molecule has 4 nitrogen and oxygen atoms in total. The van der Waals surface area contributed by atoms with Crippen molar-refractivity contribution in [3.05, 3.63) is 0 Å². The summed E-state index contributed by atoms with van der Waals surface area (Å²) in [5.74, 6) is 0.824. The van der Waals surface area contributed by atoms with Crippen LogP contribution in [0.4, 0.5) is 0 Å². The molecule has 4 heteroatoms. The van der Waals surface area contributed by atoms with Gasteiger partial charge in [0.25, 0.3) is 0 Å². The Hall–Kier alpha value is -0.610. The molecule has 0 bridgehead atoms. The summed E-state index contributed by atoms with van der Waals surface area (Å²) in [5, 5.41) is 15.0. The van der Waals surface area contributed by atoms with Gasteiger partial charge in [-0.3, -0.25) is 4.79 Å². The van der Waals surface area contributed by atoms with Gasteiger partial charge in [0.15, 0.2) is 0 Å². The van der Waals surface area contributed by atoms with E-state index in [0.29, 0.717) is 24.9 Å². The minimum atomic E-state index is 0.00629. The molecule has 0 spiro atoms. The molecule has 2 aliphatic rings. The zero-order valence-corrected chi connectivity index (χ0v) is 9.74. The lowest BCUT2D eigenvalue weighted by atomic mass is 9.85. The third kappa shape index (κ3) is 2.74. The van der Waals surface area contributed by atoms with Crippen LogP contribution in [-0.4, -0.2) is 36.2 Å². The van der Waals surface area contributed by atoms with Gasteiger partial charge >= 0.3 is 0 Å². The van der Waals surface area contributed by atoms with Crippen molar-refractivity contribution >= 4 is 5.91 Å². The molecule has 0 aromatic carbocycles. The summed E-state index contributed by atoms with van der Waals surface area (Å²) in [5.41, 5.74) is 0. The molecule has 1 heterocycles. The number of carbonyl (C=O) groups excluding carboxylic acids is 1. The lowest BCUT2D eigenvalue weighted by Crippen LogP contribution is -2.43. The second-order valence-electron chi connectivity index (χ2n) is 4.97. The van der Waals surface area contributed by atoms with Gasteiger partial charge in [0.2, 0.25) is 5.91 Å². The maximum absolute atomic E-state index is 11.8. The van der Waals surface area contributed by atoms with E-state index in [1.807, 2.05) is 0 Å². The Balaban J connectivity index is 1.76. The fraction of sp³-hybridized carbons (Fsp3) is 0.917. The monoisotopic (exact) mass is 226 g/mol. The van der Waals surface area contributed by atoms with Gasteiger partial charge in [0, 0.05) is 19.2 Å². The van der Waals surface area contributed by atoms with E-state index < -0.39 is 0 Å². The Morgan fingerprint density at radius 2 is 2.19 bits per heavy atom. The van der Waals surface area contributed by atoms with Gasteiger partial charge in [-0.15, -0.1) is 0 Å². The number of aliphatic hydroxyl groups is 1. The van der Waals surface area contributed by atoms with Crippen LogP contribution < -0.4 is 10.6 Å². The van der Waals surface area contributed by atoms with Crippen LogP contribution in [-0.2, 0) is 4.79 Å². The summed E-state index contributed by atoms with van der Waals surface area (Å²) >= 11 is 0. The summed E-state index contributed by atoms with van der Waals surface area (Å²) in [6.45, 7) is 0.729. The van der Waals surface area contributed by atoms with Gasteiger partial charge in [0.1, 0.15) is 0 Å². The third-order valence-corrected chi connectivity index (χ3v) is 3.81. The molecule has 2 fully saturated rings. The Kier molecular flexibility index (Phi) is 4.18. The Labute approximate surface area is 96.8 Å². The van der Waals surface area contributed by atoms with Crippen LogP contribution in [0.1, 0.15) is 38.5 Å². The zero-order valence-electron chi connectivity index (χ0n) is 9.74. The second-order valence-corrected chi connectivity index (χ2v) is 4.97. The van der Waals surface area contributed by atoms with Crippen molar-refractivity contribution in [1.29, 1.82) is 0 Å². The highest BCUT2D eigenvalue weighted by Crippen LogP contribution is 2.33. The van der Waals surface area contributed by atoms with Crippen molar-refractivity contribution in [2.24, 2.45) is 5.92 Å². The van der Waals surface area contributed by atoms with Gasteiger partial charge in [-0.1, -0.05) is 12.8 Å². The highest BCUT2D eigenvalue weighted by molar-refractivity contribution is 5.82. The summed E-state index contributed by atoms with van der Waals surface area (Å²) in [6.07, 6.45) is 6.76. The molecule has 1 saturated carbocycles. The lowest BCUT2D eigenvalue weighted by molar-refractivity contribution is -0.122. The predicted molar refractivity (Wildman–Crippen MR) is 62.0 cm³/mol. The van der Waals surface area contributed by atoms with E-state index in [4.69, 9.17) is 5.11 Å². The van der Waals surface area contributed by atoms with E-state index in [1.54, 1.807) is 0 Å². The first-order chi connectivity index (χ1) is 7.81. The zero-order chi connectivity index (χ0) is 11.4. The van der Waals surface area contributed by atoms with Gasteiger partial charge in [0.05, 0.1) is 6.04 Å². The third-order valence-electron chi connectivity index (χ3n) is 3.81. The maximum Gasteiger partial charge on any atom is 0.237 e. The van der Waals surface area contributed by atoms with Gasteiger partial charge in [-0.25, -0.2) is 0 Å². The van der Waals surface area contributed by atoms with E-state index in [-0.39, 0.29) is 18.6 Å². The number of hydrogen-bond acceptors (Lipinski definition) is 3. The predicted octanol–water partition coefficient (Wildman–Crippen LogP) is 0.406. The van der Waals surface area contributed by atoms with Crippen molar-refractivity contribution in [3.63, 3.8) is 0 Å². The smallest absolute Gasteiger partial charge is 0.237 e. The number of amides is 1. The van der Waals surface area contributed by atoms with E-state index in [2.05, 4.69) is 10.6 Å².